The number of hydrogen-bond acceptors (Lipinski definition) is 4. The smallest absolute Gasteiger partial charge is 0.152 e. The van der Waals surface area contributed by atoms with E-state index in [4.69, 9.17) is 5.26 Å². The highest BCUT2D eigenvalue weighted by molar-refractivity contribution is 5.06. The molecule has 0 saturated carbocycles. The highest BCUT2D eigenvalue weighted by Crippen LogP contribution is 2.24. The molecule has 0 radical (unpaired) electrons. The van der Waals surface area contributed by atoms with Crippen molar-refractivity contribution in [3.8, 4) is 6.07 Å². The van der Waals surface area contributed by atoms with E-state index in [2.05, 4.69) is 21.7 Å². The van der Waals surface area contributed by atoms with Gasteiger partial charge in [-0.25, -0.2) is 4.68 Å². The molecule has 1 aromatic rings. The highest BCUT2D eigenvalue weighted by atomic mass is 15.4. The van der Waals surface area contributed by atoms with Crippen LogP contribution < -0.4 is 5.32 Å². The third-order valence-electron chi connectivity index (χ3n) is 2.50. The number of rotatable bonds is 1. The maximum atomic E-state index is 9.15. The number of nitrogens with zero attached hydrogens (tertiary/aromatic N) is 4. The van der Waals surface area contributed by atoms with Gasteiger partial charge in [0, 0.05) is 6.20 Å². The molecule has 2 heterocycles. The van der Waals surface area contributed by atoms with Crippen LogP contribution in [0.5, 0.6) is 0 Å². The molecular formula is C8H11N5. The Bertz CT molecular complexity index is 304. The van der Waals surface area contributed by atoms with Crippen LogP contribution in [0.3, 0.4) is 0 Å². The second-order valence-corrected chi connectivity index (χ2v) is 3.24. The van der Waals surface area contributed by atoms with Gasteiger partial charge in [-0.15, -0.1) is 5.10 Å². The first kappa shape index (κ1) is 8.20. The van der Waals surface area contributed by atoms with Gasteiger partial charge in [-0.2, -0.15) is 5.26 Å². The van der Waals surface area contributed by atoms with Gasteiger partial charge in [-0.3, -0.25) is 0 Å². The van der Waals surface area contributed by atoms with Crippen molar-refractivity contribution in [1.29, 1.82) is 5.26 Å². The summed E-state index contributed by atoms with van der Waals surface area (Å²) in [6.07, 6.45) is 4.97. The summed E-state index contributed by atoms with van der Waals surface area (Å²) in [6, 6.07) is 2.34. The minimum Gasteiger partial charge on any atom is -0.316 e. The lowest BCUT2D eigenvalue weighted by Crippen LogP contribution is -2.43. The van der Waals surface area contributed by atoms with E-state index in [0.29, 0.717) is 0 Å². The zero-order chi connectivity index (χ0) is 9.15. The molecule has 5 nitrogen and oxygen atoms in total. The third kappa shape index (κ3) is 1.29. The van der Waals surface area contributed by atoms with Gasteiger partial charge in [-0.05, 0) is 25.9 Å². The second kappa shape index (κ2) is 3.15. The first-order valence-corrected chi connectivity index (χ1v) is 4.36. The predicted molar refractivity (Wildman–Crippen MR) is 45.7 cm³/mol. The van der Waals surface area contributed by atoms with Gasteiger partial charge in [0.1, 0.15) is 0 Å². The molecule has 13 heavy (non-hydrogen) atoms. The maximum Gasteiger partial charge on any atom is 0.152 e. The molecule has 5 heteroatoms. The molecule has 1 saturated heterocycles. The lowest BCUT2D eigenvalue weighted by atomic mass is 9.90. The Morgan fingerprint density at radius 2 is 2.23 bits per heavy atom. The number of hydrogen-bond donors (Lipinski definition) is 1. The normalized spacial score (nSPS) is 20.8. The van der Waals surface area contributed by atoms with Crippen LogP contribution in [0.1, 0.15) is 12.8 Å². The summed E-state index contributed by atoms with van der Waals surface area (Å²) in [4.78, 5) is 0. The van der Waals surface area contributed by atoms with Gasteiger partial charge in [0.25, 0.3) is 0 Å². The molecule has 2 rings (SSSR count). The molecule has 1 aliphatic heterocycles. The first-order valence-electron chi connectivity index (χ1n) is 4.36. The van der Waals surface area contributed by atoms with E-state index in [1.807, 2.05) is 0 Å². The molecule has 1 N–H and O–H groups in total. The maximum absolute atomic E-state index is 9.15. The Hall–Kier alpha value is -1.41. The van der Waals surface area contributed by atoms with Crippen LogP contribution in [0, 0.1) is 11.3 Å². The zero-order valence-corrected chi connectivity index (χ0v) is 7.27. The van der Waals surface area contributed by atoms with Crippen molar-refractivity contribution in [2.24, 2.45) is 0 Å². The average molecular weight is 177 g/mol. The summed E-state index contributed by atoms with van der Waals surface area (Å²) in [5.74, 6) is 0. The molecule has 0 bridgehead atoms. The monoisotopic (exact) mass is 177 g/mol. The minimum absolute atomic E-state index is 0.470. The molecule has 0 amide bonds. The number of nitrogens with one attached hydrogen (secondary N) is 1. The van der Waals surface area contributed by atoms with Crippen LogP contribution >= 0.6 is 0 Å². The average Bonchev–Trinajstić information content (AvgIpc) is 2.72. The van der Waals surface area contributed by atoms with Crippen molar-refractivity contribution in [2.75, 3.05) is 13.1 Å². The first-order chi connectivity index (χ1) is 6.37. The topological polar surface area (TPSA) is 66.5 Å². The Balaban J connectivity index is 2.30. The second-order valence-electron chi connectivity index (χ2n) is 3.24. The number of piperidine rings is 1. The molecule has 1 aromatic heterocycles. The number of aromatic nitrogens is 3. The summed E-state index contributed by atoms with van der Waals surface area (Å²) < 4.78 is 1.67. The van der Waals surface area contributed by atoms with E-state index in [9.17, 15) is 0 Å². The van der Waals surface area contributed by atoms with E-state index in [1.165, 1.54) is 0 Å². The lowest BCUT2D eigenvalue weighted by Gasteiger charge is -2.30. The van der Waals surface area contributed by atoms with Crippen molar-refractivity contribution >= 4 is 0 Å². The van der Waals surface area contributed by atoms with Gasteiger partial charge in [0.2, 0.25) is 0 Å². The molecule has 0 atom stereocenters. The third-order valence-corrected chi connectivity index (χ3v) is 2.50. The largest absolute Gasteiger partial charge is 0.316 e. The van der Waals surface area contributed by atoms with Crippen LogP contribution in [0.15, 0.2) is 12.4 Å². The molecular weight excluding hydrogens is 166 g/mol. The number of nitriles is 1. The highest BCUT2D eigenvalue weighted by Gasteiger charge is 2.34. The van der Waals surface area contributed by atoms with Crippen molar-refractivity contribution in [2.45, 2.75) is 18.4 Å². The lowest BCUT2D eigenvalue weighted by molar-refractivity contribution is 0.252. The fourth-order valence-corrected chi connectivity index (χ4v) is 1.67. The van der Waals surface area contributed by atoms with E-state index in [-0.39, 0.29) is 0 Å². The van der Waals surface area contributed by atoms with Crippen molar-refractivity contribution in [1.82, 2.24) is 20.3 Å². The van der Waals surface area contributed by atoms with Gasteiger partial charge in [0.05, 0.1) is 12.3 Å². The molecule has 0 aromatic carbocycles. The Morgan fingerprint density at radius 3 is 2.77 bits per heavy atom. The zero-order valence-electron chi connectivity index (χ0n) is 7.27. The summed E-state index contributed by atoms with van der Waals surface area (Å²) in [5.41, 5.74) is -0.470. The van der Waals surface area contributed by atoms with E-state index in [1.54, 1.807) is 17.1 Å². The molecule has 1 aliphatic rings. The Kier molecular flexibility index (Phi) is 1.99. The minimum atomic E-state index is -0.470. The fourth-order valence-electron chi connectivity index (χ4n) is 1.67. The molecule has 68 valence electrons. The van der Waals surface area contributed by atoms with Gasteiger partial charge >= 0.3 is 0 Å². The van der Waals surface area contributed by atoms with Crippen molar-refractivity contribution < 1.29 is 0 Å². The van der Waals surface area contributed by atoms with E-state index < -0.39 is 5.54 Å². The van der Waals surface area contributed by atoms with Gasteiger partial charge in [0.15, 0.2) is 5.54 Å². The SMILES string of the molecule is N#CC1(n2ccnn2)CCNCC1. The molecule has 0 aliphatic carbocycles. The van der Waals surface area contributed by atoms with Crippen molar-refractivity contribution in [3.05, 3.63) is 12.4 Å². The predicted octanol–water partition coefficient (Wildman–Crippen LogP) is -0.120. The Morgan fingerprint density at radius 1 is 1.46 bits per heavy atom. The fraction of sp³-hybridized carbons (Fsp3) is 0.625. The van der Waals surface area contributed by atoms with Crippen LogP contribution in [-0.2, 0) is 5.54 Å². The molecule has 0 unspecified atom stereocenters. The van der Waals surface area contributed by atoms with Crippen LogP contribution in [-0.4, -0.2) is 28.1 Å². The van der Waals surface area contributed by atoms with E-state index in [0.717, 1.165) is 25.9 Å². The van der Waals surface area contributed by atoms with Crippen molar-refractivity contribution in [3.63, 3.8) is 0 Å². The van der Waals surface area contributed by atoms with Crippen LogP contribution in [0.2, 0.25) is 0 Å². The van der Waals surface area contributed by atoms with E-state index >= 15 is 0 Å². The molecule has 1 fully saturated rings. The summed E-state index contributed by atoms with van der Waals surface area (Å²) in [6.45, 7) is 1.74. The standard InChI is InChI=1S/C8H11N5/c9-7-8(1-3-10-4-2-8)13-6-5-11-12-13/h5-6,10H,1-4H2. The molecule has 0 spiro atoms. The van der Waals surface area contributed by atoms with Crippen LogP contribution in [0.4, 0.5) is 0 Å². The van der Waals surface area contributed by atoms with Gasteiger partial charge < -0.3 is 5.32 Å². The summed E-state index contributed by atoms with van der Waals surface area (Å²) >= 11 is 0. The summed E-state index contributed by atoms with van der Waals surface area (Å²) in [7, 11) is 0. The van der Waals surface area contributed by atoms with Gasteiger partial charge in [-0.1, -0.05) is 5.21 Å². The van der Waals surface area contributed by atoms with Crippen LogP contribution in [0.25, 0.3) is 0 Å². The summed E-state index contributed by atoms with van der Waals surface area (Å²) in [5, 5.41) is 20.0. The quantitative estimate of drug-likeness (QED) is 0.649. The Labute approximate surface area is 76.4 Å².